The molecule has 0 fully saturated rings. The molecular formula is C36H44N4O6. The molecule has 10 nitrogen and oxygen atoms in total. The molecule has 4 heterocycles. The van der Waals surface area contributed by atoms with Crippen molar-refractivity contribution in [2.75, 3.05) is 0 Å². The van der Waals surface area contributed by atoms with E-state index in [1.165, 1.54) is 0 Å². The maximum Gasteiger partial charge on any atom is 0.306 e. The van der Waals surface area contributed by atoms with E-state index in [4.69, 9.17) is 0 Å². The zero-order valence-electron chi connectivity index (χ0n) is 27.9. The van der Waals surface area contributed by atoms with E-state index in [0.717, 1.165) is 44.4 Å². The summed E-state index contributed by atoms with van der Waals surface area (Å²) >= 11 is 0. The molecule has 2 amide bonds. The van der Waals surface area contributed by atoms with Gasteiger partial charge in [-0.25, -0.2) is 4.99 Å². The van der Waals surface area contributed by atoms with Crippen molar-refractivity contribution in [3.8, 4) is 0 Å². The Hall–Kier alpha value is -4.73. The third kappa shape index (κ3) is 6.61. The van der Waals surface area contributed by atoms with Crippen LogP contribution in [0.25, 0.3) is 18.2 Å². The first kappa shape index (κ1) is 34.1. The lowest BCUT2D eigenvalue weighted by molar-refractivity contribution is -0.142. The zero-order chi connectivity index (χ0) is 34.0. The summed E-state index contributed by atoms with van der Waals surface area (Å²) in [6.45, 7) is 15.1. The lowest BCUT2D eigenvalue weighted by Gasteiger charge is -2.11. The predicted octanol–water partition coefficient (Wildman–Crippen LogP) is 4.71. The molecule has 2 aliphatic rings. The Morgan fingerprint density at radius 2 is 1.52 bits per heavy atom. The minimum absolute atomic E-state index is 0.0859. The van der Waals surface area contributed by atoms with Crippen molar-refractivity contribution in [3.63, 3.8) is 0 Å². The van der Waals surface area contributed by atoms with Gasteiger partial charge in [0.1, 0.15) is 0 Å². The maximum absolute atomic E-state index is 12.4. The Balaban J connectivity index is 1.99. The van der Waals surface area contributed by atoms with Crippen molar-refractivity contribution in [1.82, 2.24) is 15.3 Å². The van der Waals surface area contributed by atoms with Gasteiger partial charge in [0.15, 0.2) is 0 Å². The molecule has 0 bridgehead atoms. The quantitative estimate of drug-likeness (QED) is 0.229. The van der Waals surface area contributed by atoms with Crippen molar-refractivity contribution >= 4 is 47.7 Å². The van der Waals surface area contributed by atoms with Gasteiger partial charge < -0.3 is 25.5 Å². The largest absolute Gasteiger partial charge is 0.481 e. The fourth-order valence-corrected chi connectivity index (χ4v) is 6.55. The molecule has 4 rings (SSSR count). The second-order valence-electron chi connectivity index (χ2n) is 12.2. The van der Waals surface area contributed by atoms with E-state index in [2.05, 4.69) is 20.3 Å². The first-order valence-corrected chi connectivity index (χ1v) is 15.9. The number of carbonyl (C=O) groups excluding carboxylic acids is 2. The number of allylic oxidation sites excluding steroid dienone is 2. The molecule has 0 saturated carbocycles. The summed E-state index contributed by atoms with van der Waals surface area (Å²) in [6.07, 6.45) is 7.61. The van der Waals surface area contributed by atoms with Crippen molar-refractivity contribution in [2.24, 2.45) is 10.9 Å². The number of nitrogens with one attached hydrogen (secondary N) is 3. The van der Waals surface area contributed by atoms with Crippen LogP contribution in [0.5, 0.6) is 0 Å². The minimum Gasteiger partial charge on any atom is -0.481 e. The van der Waals surface area contributed by atoms with Gasteiger partial charge in [0.05, 0.1) is 18.1 Å². The number of hydrogen-bond donors (Lipinski definition) is 5. The number of aliphatic carboxylic acids is 2. The average Bonchev–Trinajstić information content (AvgIpc) is 3.63. The molecule has 2 atom stereocenters. The smallest absolute Gasteiger partial charge is 0.306 e. The predicted molar refractivity (Wildman–Crippen MR) is 179 cm³/mol. The highest BCUT2D eigenvalue weighted by atomic mass is 16.4. The number of carboxylic acid groups (broad SMARTS) is 2. The summed E-state index contributed by atoms with van der Waals surface area (Å²) in [6, 6.07) is 0. The Morgan fingerprint density at radius 3 is 2.11 bits per heavy atom. The highest BCUT2D eigenvalue weighted by Crippen LogP contribution is 2.32. The van der Waals surface area contributed by atoms with Gasteiger partial charge in [-0.05, 0) is 111 Å². The number of aromatic nitrogens is 2. The van der Waals surface area contributed by atoms with E-state index >= 15 is 0 Å². The molecule has 0 aliphatic carbocycles. The number of H-pyrrole nitrogens is 2. The van der Waals surface area contributed by atoms with E-state index in [1.54, 1.807) is 13.8 Å². The molecule has 0 spiro atoms. The van der Waals surface area contributed by atoms with Gasteiger partial charge in [-0.2, -0.15) is 0 Å². The zero-order valence-corrected chi connectivity index (χ0v) is 27.9. The number of amides is 2. The Kier molecular flexibility index (Phi) is 10.2. The molecule has 0 radical (unpaired) electrons. The number of rotatable bonds is 12. The highest BCUT2D eigenvalue weighted by Gasteiger charge is 2.26. The number of carboxylic acids is 2. The number of aromatic amines is 2. The van der Waals surface area contributed by atoms with Crippen LogP contribution in [-0.4, -0.2) is 49.6 Å². The van der Waals surface area contributed by atoms with Crippen LogP contribution in [-0.2, 0) is 25.6 Å². The van der Waals surface area contributed by atoms with Crippen LogP contribution in [0.15, 0.2) is 33.0 Å². The number of hydrogen-bond acceptors (Lipinski definition) is 4. The lowest BCUT2D eigenvalue weighted by atomic mass is 9.92. The molecule has 2 aromatic heterocycles. The van der Waals surface area contributed by atoms with Gasteiger partial charge in [-0.1, -0.05) is 27.7 Å². The van der Waals surface area contributed by atoms with Gasteiger partial charge in [-0.15, -0.1) is 0 Å². The second kappa shape index (κ2) is 13.7. The Bertz CT molecular complexity index is 1880. The molecule has 2 aliphatic heterocycles. The van der Waals surface area contributed by atoms with E-state index < -0.39 is 17.9 Å². The monoisotopic (exact) mass is 628 g/mol. The van der Waals surface area contributed by atoms with E-state index in [1.807, 2.05) is 59.8 Å². The van der Waals surface area contributed by atoms with Crippen molar-refractivity contribution in [2.45, 2.75) is 93.4 Å². The molecule has 244 valence electrons. The molecule has 0 saturated heterocycles. The van der Waals surface area contributed by atoms with Gasteiger partial charge in [0.2, 0.25) is 0 Å². The molecular weight excluding hydrogens is 584 g/mol. The summed E-state index contributed by atoms with van der Waals surface area (Å²) in [5.74, 6) is -3.16. The third-order valence-electron chi connectivity index (χ3n) is 9.32. The first-order valence-electron chi connectivity index (χ1n) is 15.9. The fraction of sp³-hybridized carbons (Fsp3) is 0.417. The normalized spacial score (nSPS) is 18.3. The highest BCUT2D eigenvalue weighted by molar-refractivity contribution is 6.30. The molecule has 0 aromatic carbocycles. The molecule has 0 unspecified atom stereocenters. The van der Waals surface area contributed by atoms with Crippen LogP contribution >= 0.6 is 0 Å². The molecule has 2 aromatic rings. The number of carbonyl (C=O) groups is 4. The number of nitrogens with zero attached hydrogens (tertiary/aromatic N) is 1. The summed E-state index contributed by atoms with van der Waals surface area (Å²) in [5, 5.41) is 24.0. The Labute approximate surface area is 268 Å². The molecule has 46 heavy (non-hydrogen) atoms. The van der Waals surface area contributed by atoms with Crippen LogP contribution in [0.2, 0.25) is 0 Å². The van der Waals surface area contributed by atoms with E-state index in [0.29, 0.717) is 52.9 Å². The summed E-state index contributed by atoms with van der Waals surface area (Å²) < 4.78 is 0. The van der Waals surface area contributed by atoms with Crippen LogP contribution in [0, 0.1) is 19.8 Å². The summed E-state index contributed by atoms with van der Waals surface area (Å²) in [5.41, 5.74) is 9.20. The number of aliphatic imine (C=N–C) groups is 1. The van der Waals surface area contributed by atoms with E-state index in [-0.39, 0.29) is 30.6 Å². The van der Waals surface area contributed by atoms with Gasteiger partial charge in [-0.3, -0.25) is 19.2 Å². The van der Waals surface area contributed by atoms with Crippen LogP contribution in [0.1, 0.15) is 107 Å². The standard InChI is InChI=1S/C36H44N4O6/c1-9-22(36(45)46)13-25-18(5)26(14-28-23(10-2)19(6)34(43)39-28)37-30(25)16-31-33(17(4)12-32(41)42)21(8)27(38-31)15-29-24(11-3)20(7)35(44)40-29/h14-17,22,37-38H,9-13H2,1-8H3,(H,40,44)(H,41,42)(H,45,46)/b26-14+,29-15-,30-16+/t17-,22+/m0/s1. The van der Waals surface area contributed by atoms with Gasteiger partial charge >= 0.3 is 11.9 Å². The van der Waals surface area contributed by atoms with Crippen LogP contribution in [0.4, 0.5) is 0 Å². The van der Waals surface area contributed by atoms with E-state index in [9.17, 15) is 29.4 Å². The summed E-state index contributed by atoms with van der Waals surface area (Å²) in [4.78, 5) is 59.9. The van der Waals surface area contributed by atoms with Gasteiger partial charge in [0.25, 0.3) is 11.8 Å². The molecule has 10 heteroatoms. The maximum atomic E-state index is 12.4. The second-order valence-corrected chi connectivity index (χ2v) is 12.2. The fourth-order valence-electron chi connectivity index (χ4n) is 6.55. The SMILES string of the molecule is CCC1=C(C)C(=O)N=C1/C=c1/[nH]/c(=C/c2[nH]c(/C=C3\NC(=O)C(C)=C3CC)c(C)c2[C@@H](C)CC(=O)O)c(C[C@@H](CC)C(=O)O)c1C. The van der Waals surface area contributed by atoms with Crippen LogP contribution < -0.4 is 16.0 Å². The minimum atomic E-state index is -0.920. The third-order valence-corrected chi connectivity index (χ3v) is 9.32. The lowest BCUT2D eigenvalue weighted by Crippen LogP contribution is -2.20. The van der Waals surface area contributed by atoms with Gasteiger partial charge in [0, 0.05) is 38.9 Å². The van der Waals surface area contributed by atoms with Crippen molar-refractivity contribution in [1.29, 1.82) is 0 Å². The van der Waals surface area contributed by atoms with Crippen molar-refractivity contribution in [3.05, 3.63) is 72.3 Å². The topological polar surface area (TPSA) is 165 Å². The van der Waals surface area contributed by atoms with Crippen LogP contribution in [0.3, 0.4) is 0 Å². The first-order chi connectivity index (χ1) is 21.7. The van der Waals surface area contributed by atoms with Crippen molar-refractivity contribution < 1.29 is 29.4 Å². The Morgan fingerprint density at radius 1 is 0.848 bits per heavy atom. The average molecular weight is 629 g/mol. The summed E-state index contributed by atoms with van der Waals surface area (Å²) in [7, 11) is 0. The molecule has 5 N–H and O–H groups in total.